The van der Waals surface area contributed by atoms with Crippen molar-refractivity contribution in [1.82, 2.24) is 0 Å². The van der Waals surface area contributed by atoms with Crippen LogP contribution in [0.3, 0.4) is 0 Å². The quantitative estimate of drug-likeness (QED) is 0.687. The molecule has 0 atom stereocenters. The maximum Gasteiger partial charge on any atom is 0.133 e. The van der Waals surface area contributed by atoms with E-state index in [0.29, 0.717) is 0 Å². The van der Waals surface area contributed by atoms with Gasteiger partial charge in [0.2, 0.25) is 0 Å². The van der Waals surface area contributed by atoms with Crippen molar-refractivity contribution in [2.45, 2.75) is 6.92 Å². The second-order valence-corrected chi connectivity index (χ2v) is 4.31. The number of ether oxygens (including phenoxy) is 1. The Labute approximate surface area is 66.8 Å². The SMILES string of the molecule is COc1cc(Br)sc1C. The van der Waals surface area contributed by atoms with Gasteiger partial charge in [0.25, 0.3) is 0 Å². The Morgan fingerprint density at radius 1 is 1.67 bits per heavy atom. The smallest absolute Gasteiger partial charge is 0.133 e. The Morgan fingerprint density at radius 3 is 2.56 bits per heavy atom. The predicted octanol–water partition coefficient (Wildman–Crippen LogP) is 2.83. The molecule has 0 bridgehead atoms. The minimum absolute atomic E-state index is 0.965. The van der Waals surface area contributed by atoms with E-state index in [2.05, 4.69) is 15.9 Å². The van der Waals surface area contributed by atoms with Crippen LogP contribution in [-0.2, 0) is 0 Å². The highest BCUT2D eigenvalue weighted by atomic mass is 79.9. The summed E-state index contributed by atoms with van der Waals surface area (Å²) in [6, 6.07) is 1.97. The van der Waals surface area contributed by atoms with Crippen LogP contribution in [-0.4, -0.2) is 7.11 Å². The summed E-state index contributed by atoms with van der Waals surface area (Å²) in [4.78, 5) is 1.21. The van der Waals surface area contributed by atoms with Gasteiger partial charge < -0.3 is 4.74 Å². The zero-order chi connectivity index (χ0) is 6.85. The van der Waals surface area contributed by atoms with Gasteiger partial charge in [0, 0.05) is 10.9 Å². The maximum absolute atomic E-state index is 5.05. The molecule has 50 valence electrons. The summed E-state index contributed by atoms with van der Waals surface area (Å²) in [7, 11) is 1.68. The highest BCUT2D eigenvalue weighted by Crippen LogP contribution is 2.31. The normalized spacial score (nSPS) is 9.67. The molecule has 0 aromatic carbocycles. The maximum atomic E-state index is 5.05. The number of thiophene rings is 1. The van der Waals surface area contributed by atoms with E-state index in [4.69, 9.17) is 4.74 Å². The fourth-order valence-corrected chi connectivity index (χ4v) is 2.27. The van der Waals surface area contributed by atoms with E-state index in [1.165, 1.54) is 4.88 Å². The monoisotopic (exact) mass is 206 g/mol. The van der Waals surface area contributed by atoms with Crippen LogP contribution in [0.1, 0.15) is 4.88 Å². The van der Waals surface area contributed by atoms with Gasteiger partial charge in [-0.2, -0.15) is 0 Å². The number of methoxy groups -OCH3 is 1. The zero-order valence-corrected chi connectivity index (χ0v) is 7.67. The van der Waals surface area contributed by atoms with Gasteiger partial charge in [0.15, 0.2) is 0 Å². The van der Waals surface area contributed by atoms with Crippen molar-refractivity contribution in [3.05, 3.63) is 14.7 Å². The molecule has 0 saturated heterocycles. The average Bonchev–Trinajstić information content (AvgIpc) is 2.10. The van der Waals surface area contributed by atoms with E-state index >= 15 is 0 Å². The first kappa shape index (κ1) is 7.09. The molecule has 1 heterocycles. The summed E-state index contributed by atoms with van der Waals surface area (Å²) >= 11 is 5.05. The third-order valence-electron chi connectivity index (χ3n) is 1.06. The van der Waals surface area contributed by atoms with E-state index in [0.717, 1.165) is 9.54 Å². The van der Waals surface area contributed by atoms with Crippen LogP contribution in [0.25, 0.3) is 0 Å². The first-order valence-corrected chi connectivity index (χ1v) is 4.15. The molecule has 1 nitrogen and oxygen atoms in total. The van der Waals surface area contributed by atoms with Gasteiger partial charge in [-0.3, -0.25) is 0 Å². The summed E-state index contributed by atoms with van der Waals surface area (Å²) in [6.07, 6.45) is 0. The van der Waals surface area contributed by atoms with E-state index in [9.17, 15) is 0 Å². The van der Waals surface area contributed by atoms with Crippen LogP contribution in [0.5, 0.6) is 5.75 Å². The lowest BCUT2D eigenvalue weighted by Crippen LogP contribution is -1.78. The Hall–Kier alpha value is -0.0200. The van der Waals surface area contributed by atoms with Crippen molar-refractivity contribution in [2.75, 3.05) is 7.11 Å². The third kappa shape index (κ3) is 1.46. The Morgan fingerprint density at radius 2 is 2.33 bits per heavy atom. The number of hydrogen-bond acceptors (Lipinski definition) is 2. The summed E-state index contributed by atoms with van der Waals surface area (Å²) in [5.41, 5.74) is 0. The Balaban J connectivity index is 3.01. The summed E-state index contributed by atoms with van der Waals surface area (Å²) in [5.74, 6) is 0.965. The van der Waals surface area contributed by atoms with Gasteiger partial charge in [0.1, 0.15) is 5.75 Å². The Kier molecular flexibility index (Phi) is 2.13. The molecule has 0 amide bonds. The van der Waals surface area contributed by atoms with Gasteiger partial charge >= 0.3 is 0 Å². The van der Waals surface area contributed by atoms with Crippen molar-refractivity contribution < 1.29 is 4.74 Å². The fourth-order valence-electron chi connectivity index (χ4n) is 0.633. The van der Waals surface area contributed by atoms with Crippen molar-refractivity contribution in [1.29, 1.82) is 0 Å². The van der Waals surface area contributed by atoms with Crippen molar-refractivity contribution in [3.8, 4) is 5.75 Å². The van der Waals surface area contributed by atoms with Gasteiger partial charge in [-0.05, 0) is 22.9 Å². The first-order chi connectivity index (χ1) is 4.24. The third-order valence-corrected chi connectivity index (χ3v) is 2.60. The van der Waals surface area contributed by atoms with E-state index in [-0.39, 0.29) is 0 Å². The van der Waals surface area contributed by atoms with Crippen LogP contribution < -0.4 is 4.74 Å². The van der Waals surface area contributed by atoms with Gasteiger partial charge in [0.05, 0.1) is 10.9 Å². The zero-order valence-electron chi connectivity index (χ0n) is 5.27. The second kappa shape index (κ2) is 2.71. The van der Waals surface area contributed by atoms with Crippen LogP contribution >= 0.6 is 27.3 Å². The van der Waals surface area contributed by atoms with E-state index in [1.54, 1.807) is 18.4 Å². The molecular weight excluding hydrogens is 200 g/mol. The molecule has 1 rings (SSSR count). The molecule has 9 heavy (non-hydrogen) atoms. The lowest BCUT2D eigenvalue weighted by molar-refractivity contribution is 0.414. The molecule has 0 spiro atoms. The molecule has 0 aliphatic carbocycles. The van der Waals surface area contributed by atoms with Crippen LogP contribution in [0.2, 0.25) is 0 Å². The van der Waals surface area contributed by atoms with Gasteiger partial charge in [-0.15, -0.1) is 11.3 Å². The Bertz CT molecular complexity index is 207. The average molecular weight is 207 g/mol. The number of halogens is 1. The molecule has 0 unspecified atom stereocenters. The second-order valence-electron chi connectivity index (χ2n) is 1.68. The molecule has 1 aromatic rings. The number of hydrogen-bond donors (Lipinski definition) is 0. The molecular formula is C6H7BrOS. The summed E-state index contributed by atoms with van der Waals surface area (Å²) in [5, 5.41) is 0. The molecule has 0 radical (unpaired) electrons. The molecule has 0 fully saturated rings. The van der Waals surface area contributed by atoms with E-state index in [1.807, 2.05) is 13.0 Å². The van der Waals surface area contributed by atoms with Crippen LogP contribution in [0.15, 0.2) is 9.85 Å². The lowest BCUT2D eigenvalue weighted by atomic mass is 10.5. The van der Waals surface area contributed by atoms with Gasteiger partial charge in [-0.1, -0.05) is 0 Å². The standard InChI is InChI=1S/C6H7BrOS/c1-4-5(8-2)3-6(7)9-4/h3H,1-2H3. The minimum Gasteiger partial charge on any atom is -0.496 e. The molecule has 0 aliphatic rings. The fraction of sp³-hybridized carbons (Fsp3) is 0.333. The molecule has 0 aliphatic heterocycles. The molecule has 0 N–H and O–H groups in total. The molecule has 3 heteroatoms. The minimum atomic E-state index is 0.965. The van der Waals surface area contributed by atoms with Gasteiger partial charge in [-0.25, -0.2) is 0 Å². The lowest BCUT2D eigenvalue weighted by Gasteiger charge is -1.92. The van der Waals surface area contributed by atoms with Crippen molar-refractivity contribution >= 4 is 27.3 Å². The van der Waals surface area contributed by atoms with Crippen LogP contribution in [0, 0.1) is 6.92 Å². The summed E-state index contributed by atoms with van der Waals surface area (Å²) in [6.45, 7) is 2.04. The topological polar surface area (TPSA) is 9.23 Å². The number of aryl methyl sites for hydroxylation is 1. The van der Waals surface area contributed by atoms with Crippen molar-refractivity contribution in [3.63, 3.8) is 0 Å². The summed E-state index contributed by atoms with van der Waals surface area (Å²) < 4.78 is 6.17. The highest BCUT2D eigenvalue weighted by Gasteiger charge is 2.00. The molecule has 1 aromatic heterocycles. The van der Waals surface area contributed by atoms with Crippen molar-refractivity contribution in [2.24, 2.45) is 0 Å². The van der Waals surface area contributed by atoms with E-state index < -0.39 is 0 Å². The predicted molar refractivity (Wildman–Crippen MR) is 43.3 cm³/mol. The van der Waals surface area contributed by atoms with Crippen LogP contribution in [0.4, 0.5) is 0 Å². The molecule has 0 saturated carbocycles. The highest BCUT2D eigenvalue weighted by molar-refractivity contribution is 9.11. The first-order valence-electron chi connectivity index (χ1n) is 2.54. The number of rotatable bonds is 1. The largest absolute Gasteiger partial charge is 0.496 e.